The van der Waals surface area contributed by atoms with Crippen LogP contribution in [-0.4, -0.2) is 45.3 Å². The molecule has 66 valence electrons. The van der Waals surface area contributed by atoms with Crippen LogP contribution in [0, 0.1) is 5.92 Å². The summed E-state index contributed by atoms with van der Waals surface area (Å²) in [5.41, 5.74) is 0. The van der Waals surface area contributed by atoms with Gasteiger partial charge in [0.2, 0.25) is 0 Å². The normalized spacial score (nSPS) is 44.7. The van der Waals surface area contributed by atoms with Crippen molar-refractivity contribution in [2.24, 2.45) is 5.92 Å². The topological polar surface area (TPSA) is 80.9 Å². The minimum atomic E-state index is -1.04. The number of aliphatic hydroxyl groups is 4. The predicted molar refractivity (Wildman–Crippen MR) is 37.8 cm³/mol. The second-order valence-corrected chi connectivity index (χ2v) is 3.06. The first kappa shape index (κ1) is 8.93. The number of hydrogen-bond donors (Lipinski definition) is 4. The molecule has 0 aliphatic heterocycles. The minimum absolute atomic E-state index is 0.0127. The van der Waals surface area contributed by atoms with Crippen molar-refractivity contribution >= 4 is 0 Å². The summed E-state index contributed by atoms with van der Waals surface area (Å²) >= 11 is 0. The first-order valence-corrected chi connectivity index (χ1v) is 3.82. The molecule has 0 unspecified atom stereocenters. The summed E-state index contributed by atoms with van der Waals surface area (Å²) in [6.07, 6.45) is -1.93. The van der Waals surface area contributed by atoms with Crippen LogP contribution in [0.2, 0.25) is 0 Å². The molecule has 4 atom stereocenters. The first-order chi connectivity index (χ1) is 5.16. The van der Waals surface area contributed by atoms with Gasteiger partial charge in [-0.25, -0.2) is 0 Å². The van der Waals surface area contributed by atoms with Crippen molar-refractivity contribution in [2.75, 3.05) is 6.61 Å². The summed E-state index contributed by atoms with van der Waals surface area (Å²) in [5, 5.41) is 35.9. The molecular weight excluding hydrogens is 148 g/mol. The van der Waals surface area contributed by atoms with E-state index in [2.05, 4.69) is 0 Å². The maximum absolute atomic E-state index is 9.24. The molecule has 0 bridgehead atoms. The third-order valence-electron chi connectivity index (χ3n) is 2.27. The van der Waals surface area contributed by atoms with Gasteiger partial charge in [-0.05, 0) is 18.8 Å². The van der Waals surface area contributed by atoms with E-state index in [0.29, 0.717) is 12.8 Å². The number of rotatable bonds is 2. The lowest BCUT2D eigenvalue weighted by atomic mass is 10.0. The Morgan fingerprint density at radius 1 is 1.09 bits per heavy atom. The Bertz CT molecular complexity index is 128. The van der Waals surface area contributed by atoms with E-state index >= 15 is 0 Å². The van der Waals surface area contributed by atoms with Crippen LogP contribution in [0.5, 0.6) is 0 Å². The van der Waals surface area contributed by atoms with Crippen molar-refractivity contribution in [3.63, 3.8) is 0 Å². The fourth-order valence-electron chi connectivity index (χ4n) is 1.55. The molecule has 11 heavy (non-hydrogen) atoms. The van der Waals surface area contributed by atoms with Crippen molar-refractivity contribution in [3.05, 3.63) is 0 Å². The van der Waals surface area contributed by atoms with Crippen LogP contribution in [0.1, 0.15) is 12.8 Å². The van der Waals surface area contributed by atoms with Gasteiger partial charge in [-0.2, -0.15) is 0 Å². The van der Waals surface area contributed by atoms with E-state index in [1.54, 1.807) is 0 Å². The van der Waals surface area contributed by atoms with Crippen molar-refractivity contribution in [1.29, 1.82) is 0 Å². The maximum Gasteiger partial charge on any atom is 0.106 e. The zero-order chi connectivity index (χ0) is 8.43. The summed E-state index contributed by atoms with van der Waals surface area (Å²) in [4.78, 5) is 0. The standard InChI is InChI=1S/C7H14O4/c8-2-1-4-3-5(9)7(11)6(4)10/h4-11H,1-3H2/t4-,5-,6+,7-/m0/s1. The van der Waals surface area contributed by atoms with Gasteiger partial charge in [-0.15, -0.1) is 0 Å². The highest BCUT2D eigenvalue weighted by atomic mass is 16.4. The lowest BCUT2D eigenvalue weighted by Crippen LogP contribution is -2.30. The summed E-state index contributed by atoms with van der Waals surface area (Å²) in [5.74, 6) is -0.162. The van der Waals surface area contributed by atoms with Crippen molar-refractivity contribution < 1.29 is 20.4 Å². The van der Waals surface area contributed by atoms with Gasteiger partial charge in [0.05, 0.1) is 12.2 Å². The van der Waals surface area contributed by atoms with E-state index in [1.807, 2.05) is 0 Å². The molecule has 4 N–H and O–H groups in total. The Morgan fingerprint density at radius 2 is 1.73 bits per heavy atom. The van der Waals surface area contributed by atoms with E-state index in [1.165, 1.54) is 0 Å². The van der Waals surface area contributed by atoms with Crippen LogP contribution in [0.15, 0.2) is 0 Å². The molecule has 0 heterocycles. The predicted octanol–water partition coefficient (Wildman–Crippen LogP) is -1.53. The molecule has 1 fully saturated rings. The largest absolute Gasteiger partial charge is 0.396 e. The molecule has 0 radical (unpaired) electrons. The summed E-state index contributed by atoms with van der Waals surface area (Å²) < 4.78 is 0. The van der Waals surface area contributed by atoms with Crippen molar-refractivity contribution in [1.82, 2.24) is 0 Å². The van der Waals surface area contributed by atoms with E-state index in [-0.39, 0.29) is 12.5 Å². The smallest absolute Gasteiger partial charge is 0.106 e. The summed E-state index contributed by atoms with van der Waals surface area (Å²) in [7, 11) is 0. The van der Waals surface area contributed by atoms with E-state index in [0.717, 1.165) is 0 Å². The minimum Gasteiger partial charge on any atom is -0.396 e. The Balaban J connectivity index is 2.45. The second-order valence-electron chi connectivity index (χ2n) is 3.06. The summed E-state index contributed by atoms with van der Waals surface area (Å²) in [6.45, 7) is -0.0127. The molecule has 0 amide bonds. The Kier molecular flexibility index (Phi) is 2.84. The third-order valence-corrected chi connectivity index (χ3v) is 2.27. The van der Waals surface area contributed by atoms with Crippen LogP contribution < -0.4 is 0 Å². The van der Waals surface area contributed by atoms with Gasteiger partial charge < -0.3 is 20.4 Å². The van der Waals surface area contributed by atoms with E-state index < -0.39 is 18.3 Å². The fraction of sp³-hybridized carbons (Fsp3) is 1.00. The van der Waals surface area contributed by atoms with Crippen molar-refractivity contribution in [3.8, 4) is 0 Å². The molecule has 0 aromatic rings. The Morgan fingerprint density at radius 3 is 2.09 bits per heavy atom. The highest BCUT2D eigenvalue weighted by Crippen LogP contribution is 2.28. The third kappa shape index (κ3) is 1.70. The molecule has 1 rings (SSSR count). The average molecular weight is 162 g/mol. The molecule has 0 spiro atoms. The molecule has 1 aliphatic carbocycles. The number of hydrogen-bond acceptors (Lipinski definition) is 4. The Hall–Kier alpha value is -0.160. The van der Waals surface area contributed by atoms with Gasteiger partial charge in [0.1, 0.15) is 6.10 Å². The number of aliphatic hydroxyl groups excluding tert-OH is 4. The van der Waals surface area contributed by atoms with Crippen LogP contribution in [0.25, 0.3) is 0 Å². The molecule has 1 saturated carbocycles. The fourth-order valence-corrected chi connectivity index (χ4v) is 1.55. The lowest BCUT2D eigenvalue weighted by Gasteiger charge is -2.14. The quantitative estimate of drug-likeness (QED) is 0.397. The van der Waals surface area contributed by atoms with Crippen LogP contribution >= 0.6 is 0 Å². The Labute approximate surface area is 65.1 Å². The summed E-state index contributed by atoms with van der Waals surface area (Å²) in [6, 6.07) is 0. The van der Waals surface area contributed by atoms with Gasteiger partial charge in [-0.1, -0.05) is 0 Å². The maximum atomic E-state index is 9.24. The molecule has 4 nitrogen and oxygen atoms in total. The lowest BCUT2D eigenvalue weighted by molar-refractivity contribution is -0.0274. The molecule has 4 heteroatoms. The molecule has 0 aromatic carbocycles. The van der Waals surface area contributed by atoms with Gasteiger partial charge in [0.15, 0.2) is 0 Å². The van der Waals surface area contributed by atoms with Crippen LogP contribution in [-0.2, 0) is 0 Å². The van der Waals surface area contributed by atoms with Gasteiger partial charge in [-0.3, -0.25) is 0 Å². The molecular formula is C7H14O4. The SMILES string of the molecule is OCC[C@H]1C[C@H](O)[C@H](O)[C@@H]1O. The zero-order valence-corrected chi connectivity index (χ0v) is 6.22. The average Bonchev–Trinajstić information content (AvgIpc) is 2.19. The molecule has 0 aromatic heterocycles. The van der Waals surface area contributed by atoms with Gasteiger partial charge >= 0.3 is 0 Å². The van der Waals surface area contributed by atoms with Gasteiger partial charge in [0, 0.05) is 6.61 Å². The van der Waals surface area contributed by atoms with Crippen molar-refractivity contribution in [2.45, 2.75) is 31.2 Å². The van der Waals surface area contributed by atoms with Crippen LogP contribution in [0.3, 0.4) is 0 Å². The first-order valence-electron chi connectivity index (χ1n) is 3.82. The van der Waals surface area contributed by atoms with Gasteiger partial charge in [0.25, 0.3) is 0 Å². The van der Waals surface area contributed by atoms with E-state index in [4.69, 9.17) is 15.3 Å². The monoisotopic (exact) mass is 162 g/mol. The zero-order valence-electron chi connectivity index (χ0n) is 6.22. The highest BCUT2D eigenvalue weighted by molar-refractivity contribution is 4.90. The second kappa shape index (κ2) is 3.49. The van der Waals surface area contributed by atoms with E-state index in [9.17, 15) is 5.11 Å². The highest BCUT2D eigenvalue weighted by Gasteiger charge is 2.39. The molecule has 1 aliphatic rings. The molecule has 0 saturated heterocycles. The van der Waals surface area contributed by atoms with Crippen LogP contribution in [0.4, 0.5) is 0 Å².